The predicted molar refractivity (Wildman–Crippen MR) is 111 cm³/mol. The zero-order valence-corrected chi connectivity index (χ0v) is 20.5. The van der Waals surface area contributed by atoms with Gasteiger partial charge in [-0.2, -0.15) is 0 Å². The van der Waals surface area contributed by atoms with Crippen LogP contribution in [0, 0.1) is 5.92 Å². The fourth-order valence-electron chi connectivity index (χ4n) is 2.78. The van der Waals surface area contributed by atoms with Crippen LogP contribution < -0.4 is 0 Å². The minimum absolute atomic E-state index is 0.00692. The molecule has 1 rings (SSSR count). The van der Waals surface area contributed by atoms with Crippen molar-refractivity contribution in [1.82, 2.24) is 0 Å². The zero-order chi connectivity index (χ0) is 20.7. The van der Waals surface area contributed by atoms with Crippen LogP contribution >= 0.6 is 0 Å². The molecule has 1 aliphatic rings. The summed E-state index contributed by atoms with van der Waals surface area (Å²) in [7, 11) is -4.25. The first kappa shape index (κ1) is 24.3. The first-order valence-corrected chi connectivity index (χ1v) is 15.6. The van der Waals surface area contributed by atoms with Gasteiger partial charge in [-0.3, -0.25) is 0 Å². The maximum atomic E-state index is 10.8. The Hall–Kier alpha value is 0.234. The number of rotatable bonds is 5. The van der Waals surface area contributed by atoms with Gasteiger partial charge in [0.2, 0.25) is 0 Å². The van der Waals surface area contributed by atoms with Gasteiger partial charge in [-0.1, -0.05) is 41.5 Å². The Morgan fingerprint density at radius 1 is 0.808 bits per heavy atom. The number of hydrogen-bond acceptors (Lipinski definition) is 5. The zero-order valence-electron chi connectivity index (χ0n) is 18.5. The molecule has 26 heavy (non-hydrogen) atoms. The molecule has 0 spiro atoms. The molecule has 5 nitrogen and oxygen atoms in total. The van der Waals surface area contributed by atoms with Crippen molar-refractivity contribution in [1.29, 1.82) is 0 Å². The van der Waals surface area contributed by atoms with Crippen molar-refractivity contribution < 1.29 is 24.2 Å². The topological polar surface area (TPSA) is 79.2 Å². The van der Waals surface area contributed by atoms with Gasteiger partial charge >= 0.3 is 0 Å². The molecule has 0 amide bonds. The fourth-order valence-corrected chi connectivity index (χ4v) is 5.45. The molecule has 0 aromatic rings. The van der Waals surface area contributed by atoms with Crippen LogP contribution in [0.3, 0.4) is 0 Å². The van der Waals surface area contributed by atoms with Gasteiger partial charge in [0, 0.05) is 12.5 Å². The molecule has 1 aliphatic carbocycles. The second-order valence-corrected chi connectivity index (χ2v) is 20.4. The maximum Gasteiger partial charge on any atom is 0.192 e. The summed E-state index contributed by atoms with van der Waals surface area (Å²) in [5.41, 5.74) is 0. The van der Waals surface area contributed by atoms with Crippen molar-refractivity contribution in [3.8, 4) is 0 Å². The molecule has 7 heteroatoms. The highest BCUT2D eigenvalue weighted by molar-refractivity contribution is 6.74. The van der Waals surface area contributed by atoms with E-state index in [-0.39, 0.29) is 28.7 Å². The van der Waals surface area contributed by atoms with Gasteiger partial charge in [0.1, 0.15) is 6.10 Å². The van der Waals surface area contributed by atoms with E-state index in [4.69, 9.17) is 8.85 Å². The third kappa shape index (κ3) is 5.18. The van der Waals surface area contributed by atoms with E-state index in [1.807, 2.05) is 0 Å². The SMILES string of the molecule is CC(C)(C)[Si](C)(C)O[C@@H]1[C@@H](O)[C@H](O)[C@@H](CO)C[C@H]1O[Si](C)(C)C(C)(C)C. The lowest BCUT2D eigenvalue weighted by Gasteiger charge is -2.50. The standard InChI is InChI=1S/C19H42O5Si2/c1-18(2,3)25(7,8)23-14-11-13(12-20)15(21)16(22)17(14)24-26(9,10)19(4,5)6/h13-17,20-22H,11-12H2,1-10H3/t13-,14-,15-,16+,17+/m1/s1. The normalized spacial score (nSPS) is 32.0. The molecule has 0 aromatic carbocycles. The lowest BCUT2D eigenvalue weighted by atomic mass is 9.81. The van der Waals surface area contributed by atoms with Crippen LogP contribution in [0.1, 0.15) is 48.0 Å². The molecule has 1 fully saturated rings. The van der Waals surface area contributed by atoms with Gasteiger partial charge in [0.05, 0.1) is 18.3 Å². The first-order chi connectivity index (χ1) is 11.4. The molecule has 0 unspecified atom stereocenters. The van der Waals surface area contributed by atoms with E-state index in [1.54, 1.807) is 0 Å². The average Bonchev–Trinajstić information content (AvgIpc) is 2.44. The minimum Gasteiger partial charge on any atom is -0.411 e. The fraction of sp³-hybridized carbons (Fsp3) is 1.00. The summed E-state index contributed by atoms with van der Waals surface area (Å²) < 4.78 is 13.2. The Morgan fingerprint density at radius 3 is 1.62 bits per heavy atom. The second kappa shape index (κ2) is 7.93. The first-order valence-electron chi connectivity index (χ1n) is 9.77. The number of aliphatic hydroxyl groups excluding tert-OH is 3. The van der Waals surface area contributed by atoms with Crippen LogP contribution in [-0.4, -0.2) is 63.0 Å². The molecular formula is C19H42O5Si2. The minimum atomic E-state index is -2.16. The Bertz CT molecular complexity index is 468. The van der Waals surface area contributed by atoms with E-state index in [9.17, 15) is 15.3 Å². The molecule has 0 heterocycles. The van der Waals surface area contributed by atoms with Crippen molar-refractivity contribution in [3.63, 3.8) is 0 Å². The Balaban J connectivity index is 3.19. The average molecular weight is 407 g/mol. The van der Waals surface area contributed by atoms with Gasteiger partial charge in [-0.25, -0.2) is 0 Å². The van der Waals surface area contributed by atoms with E-state index >= 15 is 0 Å². The molecule has 156 valence electrons. The molecule has 0 aliphatic heterocycles. The lowest BCUT2D eigenvalue weighted by Crippen LogP contribution is -2.62. The molecular weight excluding hydrogens is 364 g/mol. The van der Waals surface area contributed by atoms with Crippen LogP contribution in [0.2, 0.25) is 36.3 Å². The molecule has 3 N–H and O–H groups in total. The van der Waals surface area contributed by atoms with Crippen LogP contribution in [-0.2, 0) is 8.85 Å². The molecule has 0 saturated heterocycles. The quantitative estimate of drug-likeness (QED) is 0.609. The van der Waals surface area contributed by atoms with E-state index in [2.05, 4.69) is 67.7 Å². The Morgan fingerprint density at radius 2 is 1.23 bits per heavy atom. The monoisotopic (exact) mass is 406 g/mol. The molecule has 0 radical (unpaired) electrons. The van der Waals surface area contributed by atoms with Gasteiger partial charge in [-0.05, 0) is 42.7 Å². The van der Waals surface area contributed by atoms with Crippen LogP contribution in [0.15, 0.2) is 0 Å². The summed E-state index contributed by atoms with van der Waals surface area (Å²) in [6.45, 7) is 21.5. The van der Waals surface area contributed by atoms with Crippen molar-refractivity contribution in [2.75, 3.05) is 6.61 Å². The van der Waals surface area contributed by atoms with Crippen LogP contribution in [0.25, 0.3) is 0 Å². The van der Waals surface area contributed by atoms with Gasteiger partial charge in [-0.15, -0.1) is 0 Å². The molecule has 0 aromatic heterocycles. The van der Waals surface area contributed by atoms with Gasteiger partial charge in [0.25, 0.3) is 0 Å². The van der Waals surface area contributed by atoms with E-state index in [0.717, 1.165) is 0 Å². The van der Waals surface area contributed by atoms with Gasteiger partial charge in [0.15, 0.2) is 16.6 Å². The Labute approximate surface area is 162 Å². The largest absolute Gasteiger partial charge is 0.411 e. The summed E-state index contributed by atoms with van der Waals surface area (Å²) >= 11 is 0. The van der Waals surface area contributed by atoms with Crippen molar-refractivity contribution in [2.45, 2.75) is 109 Å². The summed E-state index contributed by atoms with van der Waals surface area (Å²) in [6, 6.07) is 0. The third-order valence-corrected chi connectivity index (χ3v) is 15.8. The van der Waals surface area contributed by atoms with Crippen LogP contribution in [0.4, 0.5) is 0 Å². The summed E-state index contributed by atoms with van der Waals surface area (Å²) in [6.07, 6.45) is -2.43. The van der Waals surface area contributed by atoms with Crippen molar-refractivity contribution in [3.05, 3.63) is 0 Å². The van der Waals surface area contributed by atoms with Crippen molar-refractivity contribution >= 4 is 16.6 Å². The van der Waals surface area contributed by atoms with E-state index in [1.165, 1.54) is 0 Å². The van der Waals surface area contributed by atoms with Crippen molar-refractivity contribution in [2.24, 2.45) is 5.92 Å². The van der Waals surface area contributed by atoms with E-state index < -0.39 is 34.9 Å². The molecule has 0 bridgehead atoms. The summed E-state index contributed by atoms with van der Waals surface area (Å²) in [5, 5.41) is 31.0. The predicted octanol–water partition coefficient (Wildman–Crippen LogP) is 3.50. The highest BCUT2D eigenvalue weighted by atomic mass is 28.4. The van der Waals surface area contributed by atoms with Crippen LogP contribution in [0.5, 0.6) is 0 Å². The summed E-state index contributed by atoms with van der Waals surface area (Å²) in [5.74, 6) is -0.390. The number of hydrogen-bond donors (Lipinski definition) is 3. The smallest absolute Gasteiger partial charge is 0.192 e. The maximum absolute atomic E-state index is 10.8. The molecule has 1 saturated carbocycles. The van der Waals surface area contributed by atoms with E-state index in [0.29, 0.717) is 6.42 Å². The Kier molecular flexibility index (Phi) is 7.40. The second-order valence-electron chi connectivity index (χ2n) is 10.9. The third-order valence-electron chi connectivity index (χ3n) is 6.79. The lowest BCUT2D eigenvalue weighted by molar-refractivity contribution is -0.154. The number of aliphatic hydroxyl groups is 3. The van der Waals surface area contributed by atoms with Gasteiger partial charge < -0.3 is 24.2 Å². The molecule has 5 atom stereocenters. The highest BCUT2D eigenvalue weighted by Gasteiger charge is 2.51. The highest BCUT2D eigenvalue weighted by Crippen LogP contribution is 2.43. The summed E-state index contributed by atoms with van der Waals surface area (Å²) in [4.78, 5) is 0.